The number of rotatable bonds is 1. The molecule has 0 unspecified atom stereocenters. The van der Waals surface area contributed by atoms with Gasteiger partial charge in [0.15, 0.2) is 0 Å². The van der Waals surface area contributed by atoms with E-state index in [9.17, 15) is 17.3 Å². The molecule has 7 heteroatoms. The zero-order valence-electron chi connectivity index (χ0n) is 6.00. The van der Waals surface area contributed by atoms with E-state index in [4.69, 9.17) is 11.6 Å². The third-order valence-corrected chi connectivity index (χ3v) is 2.68. The third-order valence-electron chi connectivity index (χ3n) is 1.42. The second-order valence-electron chi connectivity index (χ2n) is 2.34. The normalized spacial score (nSPS) is 11.8. The Bertz CT molecular complexity index is 338. The minimum absolute atomic E-state index is 0.107. The Morgan fingerprint density at radius 3 is 2.23 bits per heavy atom. The largest absolute Gasteiger partial charge is 0.512 e. The Morgan fingerprint density at radius 1 is 1.23 bits per heavy atom. The monoisotopic (exact) mass is 275 g/mol. The topological polar surface area (TPSA) is 0 Å². The van der Waals surface area contributed by atoms with Crippen LogP contribution < -0.4 is 5.46 Å². The molecular weight excluding hydrogens is 274 g/mol. The van der Waals surface area contributed by atoms with E-state index >= 15 is 0 Å². The molecule has 0 nitrogen and oxygen atoms in total. The van der Waals surface area contributed by atoms with E-state index < -0.39 is 23.3 Å². The van der Waals surface area contributed by atoms with Crippen LogP contribution in [0.2, 0.25) is 5.02 Å². The van der Waals surface area contributed by atoms with E-state index in [0.717, 1.165) is 6.07 Å². The zero-order valence-corrected chi connectivity index (χ0v) is 8.34. The Labute approximate surface area is 85.1 Å². The molecule has 72 valence electrons. The van der Waals surface area contributed by atoms with Crippen LogP contribution in [0.1, 0.15) is 0 Å². The minimum atomic E-state index is -5.34. The van der Waals surface area contributed by atoms with Crippen molar-refractivity contribution in [3.05, 3.63) is 27.4 Å². The summed E-state index contributed by atoms with van der Waals surface area (Å²) in [5.74, 6) is -1.43. The molecule has 0 atom stereocenters. The molecule has 0 fully saturated rings. The van der Waals surface area contributed by atoms with Crippen molar-refractivity contribution >= 4 is 40.0 Å². The lowest BCUT2D eigenvalue weighted by molar-refractivity contribution is 0.494. The van der Waals surface area contributed by atoms with Gasteiger partial charge < -0.3 is 12.9 Å². The molecule has 0 saturated heterocycles. The van der Waals surface area contributed by atoms with Crippen molar-refractivity contribution < 1.29 is 17.3 Å². The summed E-state index contributed by atoms with van der Waals surface area (Å²) in [4.78, 5) is 0. The molecule has 0 aliphatic carbocycles. The Morgan fingerprint density at radius 2 is 1.77 bits per heavy atom. The van der Waals surface area contributed by atoms with Crippen LogP contribution in [0, 0.1) is 5.82 Å². The van der Waals surface area contributed by atoms with Crippen LogP contribution in [0.15, 0.2) is 16.6 Å². The average Bonchev–Trinajstić information content (AvgIpc) is 1.98. The first kappa shape index (κ1) is 10.9. The highest BCUT2D eigenvalue weighted by atomic mass is 79.9. The molecule has 0 radical (unpaired) electrons. The number of hydrogen-bond donors (Lipinski definition) is 0. The lowest BCUT2D eigenvalue weighted by Crippen LogP contribution is -2.36. The van der Waals surface area contributed by atoms with E-state index in [-0.39, 0.29) is 4.47 Å². The van der Waals surface area contributed by atoms with E-state index in [2.05, 4.69) is 15.9 Å². The number of halogens is 6. The molecule has 1 aromatic rings. The van der Waals surface area contributed by atoms with Gasteiger partial charge in [-0.15, -0.1) is 0 Å². The van der Waals surface area contributed by atoms with Gasteiger partial charge in [0, 0.05) is 4.47 Å². The highest BCUT2D eigenvalue weighted by molar-refractivity contribution is 9.10. The van der Waals surface area contributed by atoms with Crippen LogP contribution in [0.5, 0.6) is 0 Å². The van der Waals surface area contributed by atoms with Crippen LogP contribution in [-0.4, -0.2) is 6.98 Å². The molecule has 13 heavy (non-hydrogen) atoms. The summed E-state index contributed by atoms with van der Waals surface area (Å²) in [6.07, 6.45) is 0. The SMILES string of the molecule is Fc1c([B-](F)(F)F)ccc(Br)c1Cl. The second kappa shape index (κ2) is 3.50. The maximum absolute atomic E-state index is 12.9. The molecule has 0 aromatic heterocycles. The first-order valence-corrected chi connectivity index (χ1v) is 4.34. The second-order valence-corrected chi connectivity index (χ2v) is 3.57. The lowest BCUT2D eigenvalue weighted by Gasteiger charge is -2.16. The highest BCUT2D eigenvalue weighted by Gasteiger charge is 2.30. The molecule has 0 aliphatic heterocycles. The van der Waals surface area contributed by atoms with Crippen LogP contribution in [0.3, 0.4) is 0 Å². The predicted molar refractivity (Wildman–Crippen MR) is 47.8 cm³/mol. The molecule has 0 saturated carbocycles. The van der Waals surface area contributed by atoms with Crippen molar-refractivity contribution in [3.63, 3.8) is 0 Å². The minimum Gasteiger partial charge on any atom is -0.445 e. The van der Waals surface area contributed by atoms with Gasteiger partial charge >= 0.3 is 6.98 Å². The molecule has 0 amide bonds. The molecule has 1 aromatic carbocycles. The first-order valence-electron chi connectivity index (χ1n) is 3.17. The van der Waals surface area contributed by atoms with Gasteiger partial charge in [0.2, 0.25) is 0 Å². The Balaban J connectivity index is 3.35. The van der Waals surface area contributed by atoms with Gasteiger partial charge in [-0.2, -0.15) is 0 Å². The summed E-state index contributed by atoms with van der Waals surface area (Å²) in [7, 11) is 0. The highest BCUT2D eigenvalue weighted by Crippen LogP contribution is 2.25. The van der Waals surface area contributed by atoms with Gasteiger partial charge in [-0.1, -0.05) is 23.1 Å². The molecule has 0 heterocycles. The van der Waals surface area contributed by atoms with Gasteiger partial charge in [0.1, 0.15) is 5.82 Å². The van der Waals surface area contributed by atoms with Crippen LogP contribution in [-0.2, 0) is 0 Å². The fraction of sp³-hybridized carbons (Fsp3) is 0. The summed E-state index contributed by atoms with van der Waals surface area (Å²) in [6.45, 7) is -5.34. The summed E-state index contributed by atoms with van der Waals surface area (Å²) in [5, 5.41) is -0.545. The molecule has 0 spiro atoms. The van der Waals surface area contributed by atoms with Crippen molar-refractivity contribution in [2.45, 2.75) is 0 Å². The van der Waals surface area contributed by atoms with Crippen molar-refractivity contribution in [3.8, 4) is 0 Å². The number of hydrogen-bond acceptors (Lipinski definition) is 0. The van der Waals surface area contributed by atoms with E-state index in [1.807, 2.05) is 0 Å². The third kappa shape index (κ3) is 2.17. The standard InChI is InChI=1S/C6H2BBrClF4/c8-4-2-1-3(7(11,12)13)6(10)5(4)9/h1-2H/q-1. The van der Waals surface area contributed by atoms with Gasteiger partial charge in [-0.25, -0.2) is 4.39 Å². The molecule has 0 bridgehead atoms. The van der Waals surface area contributed by atoms with E-state index in [1.165, 1.54) is 0 Å². The summed E-state index contributed by atoms with van der Waals surface area (Å²) < 4.78 is 49.3. The summed E-state index contributed by atoms with van der Waals surface area (Å²) >= 11 is 8.09. The molecular formula is C6H2BBrClF4-. The van der Waals surface area contributed by atoms with Crippen molar-refractivity contribution in [1.82, 2.24) is 0 Å². The summed E-state index contributed by atoms with van der Waals surface area (Å²) in [6, 6.07) is 1.72. The van der Waals surface area contributed by atoms with Crippen molar-refractivity contribution in [2.75, 3.05) is 0 Å². The zero-order chi connectivity index (χ0) is 10.2. The maximum atomic E-state index is 12.9. The molecule has 0 N–H and O–H groups in total. The number of benzene rings is 1. The quantitative estimate of drug-likeness (QED) is 0.419. The fourth-order valence-electron chi connectivity index (χ4n) is 0.794. The van der Waals surface area contributed by atoms with Crippen LogP contribution >= 0.6 is 27.5 Å². The van der Waals surface area contributed by atoms with Gasteiger partial charge in [0.25, 0.3) is 0 Å². The van der Waals surface area contributed by atoms with Gasteiger partial charge in [-0.3, -0.25) is 0 Å². The predicted octanol–water partition coefficient (Wildman–Crippen LogP) is 3.30. The Kier molecular flexibility index (Phi) is 2.92. The molecule has 0 aliphatic rings. The molecule has 1 rings (SSSR count). The average molecular weight is 276 g/mol. The summed E-state index contributed by atoms with van der Waals surface area (Å²) in [5.41, 5.74) is -1.30. The van der Waals surface area contributed by atoms with Crippen molar-refractivity contribution in [2.24, 2.45) is 0 Å². The smallest absolute Gasteiger partial charge is 0.445 e. The first-order chi connectivity index (χ1) is 5.84. The Hall–Kier alpha value is -0.225. The van der Waals surface area contributed by atoms with Crippen LogP contribution in [0.25, 0.3) is 0 Å². The van der Waals surface area contributed by atoms with Gasteiger partial charge in [-0.05, 0) is 22.0 Å². The maximum Gasteiger partial charge on any atom is 0.512 e. The lowest BCUT2D eigenvalue weighted by atomic mass is 9.80. The van der Waals surface area contributed by atoms with Crippen LogP contribution in [0.4, 0.5) is 17.3 Å². The van der Waals surface area contributed by atoms with E-state index in [0.29, 0.717) is 6.07 Å². The van der Waals surface area contributed by atoms with Crippen molar-refractivity contribution in [1.29, 1.82) is 0 Å². The van der Waals surface area contributed by atoms with Gasteiger partial charge in [0.05, 0.1) is 5.02 Å². The fourth-order valence-corrected chi connectivity index (χ4v) is 1.27. The van der Waals surface area contributed by atoms with E-state index in [1.54, 1.807) is 0 Å².